The molecule has 1 aliphatic rings. The second kappa shape index (κ2) is 4.94. The predicted molar refractivity (Wildman–Crippen MR) is 65.7 cm³/mol. The molecule has 1 atom stereocenters. The fraction of sp³-hybridized carbons (Fsp3) is 0.727. The van der Waals surface area contributed by atoms with Crippen LogP contribution in [0.2, 0.25) is 0 Å². The van der Waals surface area contributed by atoms with Crippen LogP contribution < -0.4 is 10.2 Å². The standard InChI is InChI=1S/C11H19N3S/c1-3-12-9(2)10-8-13-11(15-10)14-6-4-5-7-14/h8-9,12H,3-7H2,1-2H3. The summed E-state index contributed by atoms with van der Waals surface area (Å²) in [5, 5.41) is 4.62. The summed E-state index contributed by atoms with van der Waals surface area (Å²) >= 11 is 1.83. The normalized spacial score (nSPS) is 18.4. The molecule has 84 valence electrons. The van der Waals surface area contributed by atoms with Gasteiger partial charge < -0.3 is 10.2 Å². The Morgan fingerprint density at radius 3 is 2.93 bits per heavy atom. The minimum Gasteiger partial charge on any atom is -0.348 e. The van der Waals surface area contributed by atoms with Crippen molar-refractivity contribution >= 4 is 16.5 Å². The maximum Gasteiger partial charge on any atom is 0.185 e. The summed E-state index contributed by atoms with van der Waals surface area (Å²) in [5.41, 5.74) is 0. The maximum atomic E-state index is 4.51. The van der Waals surface area contributed by atoms with Crippen LogP contribution in [0.1, 0.15) is 37.6 Å². The summed E-state index contributed by atoms with van der Waals surface area (Å²) in [5.74, 6) is 0. The molecule has 1 fully saturated rings. The summed E-state index contributed by atoms with van der Waals surface area (Å²) in [6.45, 7) is 7.72. The van der Waals surface area contributed by atoms with Crippen molar-refractivity contribution in [3.05, 3.63) is 11.1 Å². The molecule has 2 rings (SSSR count). The molecule has 1 unspecified atom stereocenters. The smallest absolute Gasteiger partial charge is 0.185 e. The van der Waals surface area contributed by atoms with E-state index in [2.05, 4.69) is 29.0 Å². The van der Waals surface area contributed by atoms with Gasteiger partial charge in [-0.05, 0) is 26.3 Å². The third-order valence-corrected chi connectivity index (χ3v) is 4.07. The number of rotatable bonds is 4. The number of nitrogens with one attached hydrogen (secondary N) is 1. The first-order chi connectivity index (χ1) is 7.31. The monoisotopic (exact) mass is 225 g/mol. The molecule has 0 spiro atoms. The Morgan fingerprint density at radius 2 is 2.27 bits per heavy atom. The van der Waals surface area contributed by atoms with E-state index in [-0.39, 0.29) is 0 Å². The number of aromatic nitrogens is 1. The van der Waals surface area contributed by atoms with E-state index in [0.29, 0.717) is 6.04 Å². The topological polar surface area (TPSA) is 28.2 Å². The molecule has 3 nitrogen and oxygen atoms in total. The quantitative estimate of drug-likeness (QED) is 0.853. The summed E-state index contributed by atoms with van der Waals surface area (Å²) in [6, 6.07) is 0.434. The molecule has 1 aromatic rings. The van der Waals surface area contributed by atoms with Gasteiger partial charge in [-0.3, -0.25) is 0 Å². The molecule has 0 amide bonds. The lowest BCUT2D eigenvalue weighted by molar-refractivity contribution is 0.606. The number of thiazole rings is 1. The molecule has 1 aromatic heterocycles. The van der Waals surface area contributed by atoms with Crippen molar-refractivity contribution in [2.75, 3.05) is 24.5 Å². The molecule has 4 heteroatoms. The zero-order chi connectivity index (χ0) is 10.7. The second-order valence-electron chi connectivity index (χ2n) is 4.02. The Bertz CT molecular complexity index is 305. The molecule has 0 saturated carbocycles. The van der Waals surface area contributed by atoms with Gasteiger partial charge in [-0.1, -0.05) is 6.92 Å². The number of nitrogens with zero attached hydrogens (tertiary/aromatic N) is 2. The first-order valence-electron chi connectivity index (χ1n) is 5.75. The molecule has 1 aliphatic heterocycles. The second-order valence-corrected chi connectivity index (χ2v) is 5.06. The summed E-state index contributed by atoms with van der Waals surface area (Å²) in [7, 11) is 0. The first kappa shape index (κ1) is 10.9. The van der Waals surface area contributed by atoms with Gasteiger partial charge in [-0.25, -0.2) is 4.98 Å². The fourth-order valence-electron chi connectivity index (χ4n) is 1.94. The van der Waals surface area contributed by atoms with Gasteiger partial charge in [0, 0.05) is 30.2 Å². The van der Waals surface area contributed by atoms with Crippen LogP contribution in [-0.2, 0) is 0 Å². The molecule has 15 heavy (non-hydrogen) atoms. The van der Waals surface area contributed by atoms with Crippen molar-refractivity contribution in [2.45, 2.75) is 32.7 Å². The first-order valence-corrected chi connectivity index (χ1v) is 6.57. The molecular weight excluding hydrogens is 206 g/mol. The van der Waals surface area contributed by atoms with E-state index in [1.54, 1.807) is 0 Å². The van der Waals surface area contributed by atoms with Crippen LogP contribution in [0.4, 0.5) is 5.13 Å². The van der Waals surface area contributed by atoms with Crippen LogP contribution in [0.25, 0.3) is 0 Å². The van der Waals surface area contributed by atoms with E-state index in [1.165, 1.54) is 35.9 Å². The highest BCUT2D eigenvalue weighted by Crippen LogP contribution is 2.29. The van der Waals surface area contributed by atoms with Crippen LogP contribution >= 0.6 is 11.3 Å². The van der Waals surface area contributed by atoms with Gasteiger partial charge in [0.25, 0.3) is 0 Å². The van der Waals surface area contributed by atoms with Gasteiger partial charge in [0.05, 0.1) is 0 Å². The molecule has 0 radical (unpaired) electrons. The van der Waals surface area contributed by atoms with Gasteiger partial charge in [0.15, 0.2) is 5.13 Å². The van der Waals surface area contributed by atoms with E-state index in [0.717, 1.165) is 6.54 Å². The number of hydrogen-bond acceptors (Lipinski definition) is 4. The zero-order valence-electron chi connectivity index (χ0n) is 9.49. The van der Waals surface area contributed by atoms with Gasteiger partial charge in [0.2, 0.25) is 0 Å². The molecule has 0 aromatic carbocycles. The minimum absolute atomic E-state index is 0.434. The van der Waals surface area contributed by atoms with Crippen molar-refractivity contribution in [3.8, 4) is 0 Å². The van der Waals surface area contributed by atoms with Crippen LogP contribution in [-0.4, -0.2) is 24.6 Å². The Kier molecular flexibility index (Phi) is 3.59. The SMILES string of the molecule is CCNC(C)c1cnc(N2CCCC2)s1. The lowest BCUT2D eigenvalue weighted by Crippen LogP contribution is -2.17. The number of anilines is 1. The van der Waals surface area contributed by atoms with E-state index < -0.39 is 0 Å². The maximum absolute atomic E-state index is 4.51. The van der Waals surface area contributed by atoms with Gasteiger partial charge in [-0.15, -0.1) is 11.3 Å². The highest BCUT2D eigenvalue weighted by molar-refractivity contribution is 7.15. The van der Waals surface area contributed by atoms with Crippen molar-refractivity contribution in [1.29, 1.82) is 0 Å². The van der Waals surface area contributed by atoms with Crippen LogP contribution in [0.3, 0.4) is 0 Å². The Labute approximate surface area is 95.5 Å². The molecule has 2 heterocycles. The molecule has 0 aliphatic carbocycles. The lowest BCUT2D eigenvalue weighted by atomic mass is 10.3. The van der Waals surface area contributed by atoms with Crippen molar-refractivity contribution in [3.63, 3.8) is 0 Å². The average molecular weight is 225 g/mol. The molecule has 0 bridgehead atoms. The fourth-order valence-corrected chi connectivity index (χ4v) is 2.93. The summed E-state index contributed by atoms with van der Waals surface area (Å²) in [4.78, 5) is 8.25. The highest BCUT2D eigenvalue weighted by Gasteiger charge is 2.17. The minimum atomic E-state index is 0.434. The van der Waals surface area contributed by atoms with E-state index in [4.69, 9.17) is 0 Å². The van der Waals surface area contributed by atoms with Crippen LogP contribution in [0.15, 0.2) is 6.20 Å². The summed E-state index contributed by atoms with van der Waals surface area (Å²) < 4.78 is 0. The number of hydrogen-bond donors (Lipinski definition) is 1. The third-order valence-electron chi connectivity index (χ3n) is 2.83. The lowest BCUT2D eigenvalue weighted by Gasteiger charge is -2.13. The molecular formula is C11H19N3S. The van der Waals surface area contributed by atoms with Crippen molar-refractivity contribution in [2.24, 2.45) is 0 Å². The largest absolute Gasteiger partial charge is 0.348 e. The van der Waals surface area contributed by atoms with Crippen molar-refractivity contribution in [1.82, 2.24) is 10.3 Å². The molecule has 1 N–H and O–H groups in total. The highest BCUT2D eigenvalue weighted by atomic mass is 32.1. The van der Waals surface area contributed by atoms with Gasteiger partial charge >= 0.3 is 0 Å². The molecule has 1 saturated heterocycles. The van der Waals surface area contributed by atoms with Gasteiger partial charge in [0.1, 0.15) is 0 Å². The summed E-state index contributed by atoms with van der Waals surface area (Å²) in [6.07, 6.45) is 4.65. The van der Waals surface area contributed by atoms with E-state index in [1.807, 2.05) is 17.5 Å². The average Bonchev–Trinajstić information content (AvgIpc) is 2.89. The van der Waals surface area contributed by atoms with Crippen molar-refractivity contribution < 1.29 is 0 Å². The zero-order valence-corrected chi connectivity index (χ0v) is 10.3. The Balaban J connectivity index is 2.02. The predicted octanol–water partition coefficient (Wildman–Crippen LogP) is 2.41. The van der Waals surface area contributed by atoms with Crippen LogP contribution in [0, 0.1) is 0 Å². The van der Waals surface area contributed by atoms with E-state index >= 15 is 0 Å². The van der Waals surface area contributed by atoms with E-state index in [9.17, 15) is 0 Å². The third kappa shape index (κ3) is 2.49. The Morgan fingerprint density at radius 1 is 1.53 bits per heavy atom. The van der Waals surface area contributed by atoms with Crippen LogP contribution in [0.5, 0.6) is 0 Å². The Hall–Kier alpha value is -0.610. The van der Waals surface area contributed by atoms with Gasteiger partial charge in [-0.2, -0.15) is 0 Å².